The van der Waals surface area contributed by atoms with Crippen LogP contribution in [-0.2, 0) is 16.6 Å². The number of hydrogen-bond donors (Lipinski definition) is 1. The molecule has 1 N–H and O–H groups in total. The monoisotopic (exact) mass is 435 g/mol. The highest BCUT2D eigenvalue weighted by Crippen LogP contribution is 2.27. The number of nitrogens with zero attached hydrogens (tertiary/aromatic N) is 4. The first-order chi connectivity index (χ1) is 14.8. The average Bonchev–Trinajstić information content (AvgIpc) is 3.36. The molecule has 6 nitrogen and oxygen atoms in total. The Hall–Kier alpha value is -3.39. The second-order valence-corrected chi connectivity index (χ2v) is 9.00. The molecule has 3 aromatic heterocycles. The summed E-state index contributed by atoms with van der Waals surface area (Å²) in [6.07, 6.45) is 1.84. The normalized spacial score (nSPS) is 11.5. The fraction of sp³-hybridized carbons (Fsp3) is 0.217. The van der Waals surface area contributed by atoms with Gasteiger partial charge >= 0.3 is 0 Å². The van der Waals surface area contributed by atoms with E-state index in [1.807, 2.05) is 50.4 Å². The van der Waals surface area contributed by atoms with Crippen LogP contribution in [0.25, 0.3) is 16.4 Å². The summed E-state index contributed by atoms with van der Waals surface area (Å²) in [5.41, 5.74) is 2.73. The van der Waals surface area contributed by atoms with Gasteiger partial charge in [0.1, 0.15) is 16.6 Å². The minimum Gasteiger partial charge on any atom is -0.310 e. The Bertz CT molecular complexity index is 1190. The van der Waals surface area contributed by atoms with Gasteiger partial charge in [-0.05, 0) is 36.4 Å². The standard InChI is InChI=1S/C23H22FN5OS/c1-23(2,3)19-13-20(29(28-19)17-9-7-15(24)8-10-17)27-21(30)12-16-14-31-22(26-16)18-6-4-5-11-25-18/h4-11,13-14H,12H2,1-3H3,(H,27,30). The predicted octanol–water partition coefficient (Wildman–Crippen LogP) is 5.01. The van der Waals surface area contributed by atoms with Crippen molar-refractivity contribution in [3.8, 4) is 16.4 Å². The van der Waals surface area contributed by atoms with Gasteiger partial charge in [-0.2, -0.15) is 5.10 Å². The van der Waals surface area contributed by atoms with E-state index in [-0.39, 0.29) is 23.6 Å². The molecule has 3 heterocycles. The van der Waals surface area contributed by atoms with Crippen LogP contribution in [0.15, 0.2) is 60.1 Å². The van der Waals surface area contributed by atoms with Crippen molar-refractivity contribution < 1.29 is 9.18 Å². The van der Waals surface area contributed by atoms with Crippen LogP contribution in [0.4, 0.5) is 10.2 Å². The van der Waals surface area contributed by atoms with Gasteiger partial charge in [0, 0.05) is 23.1 Å². The number of nitrogens with one attached hydrogen (secondary N) is 1. The number of benzene rings is 1. The van der Waals surface area contributed by atoms with Gasteiger partial charge in [0.25, 0.3) is 0 Å². The summed E-state index contributed by atoms with van der Waals surface area (Å²) in [5.74, 6) is -0.00640. The molecule has 0 radical (unpaired) electrons. The largest absolute Gasteiger partial charge is 0.310 e. The second kappa shape index (κ2) is 8.39. The summed E-state index contributed by atoms with van der Waals surface area (Å²) in [6.45, 7) is 6.14. The van der Waals surface area contributed by atoms with E-state index >= 15 is 0 Å². The maximum Gasteiger partial charge on any atom is 0.231 e. The number of thiazole rings is 1. The molecule has 158 valence electrons. The number of carbonyl (C=O) groups excluding carboxylic acids is 1. The van der Waals surface area contributed by atoms with Crippen molar-refractivity contribution in [3.63, 3.8) is 0 Å². The lowest BCUT2D eigenvalue weighted by Gasteiger charge is -2.14. The molecular formula is C23H22FN5OS. The Morgan fingerprint density at radius 2 is 1.94 bits per heavy atom. The molecule has 0 aliphatic carbocycles. The smallest absolute Gasteiger partial charge is 0.231 e. The van der Waals surface area contributed by atoms with Crippen LogP contribution in [0.3, 0.4) is 0 Å². The summed E-state index contributed by atoms with van der Waals surface area (Å²) < 4.78 is 15.0. The lowest BCUT2D eigenvalue weighted by atomic mass is 9.92. The van der Waals surface area contributed by atoms with Crippen LogP contribution in [0.1, 0.15) is 32.2 Å². The molecule has 8 heteroatoms. The third-order valence-electron chi connectivity index (χ3n) is 4.59. The van der Waals surface area contributed by atoms with E-state index in [9.17, 15) is 9.18 Å². The number of aromatic nitrogens is 4. The molecular weight excluding hydrogens is 413 g/mol. The molecule has 0 fully saturated rings. The molecule has 0 unspecified atom stereocenters. The van der Waals surface area contributed by atoms with E-state index in [1.54, 1.807) is 23.0 Å². The number of carbonyl (C=O) groups is 1. The minimum atomic E-state index is -0.329. The predicted molar refractivity (Wildman–Crippen MR) is 120 cm³/mol. The third kappa shape index (κ3) is 4.86. The molecule has 0 saturated heterocycles. The number of pyridine rings is 1. The summed E-state index contributed by atoms with van der Waals surface area (Å²) in [4.78, 5) is 21.6. The maximum absolute atomic E-state index is 13.4. The zero-order valence-electron chi connectivity index (χ0n) is 17.5. The zero-order valence-corrected chi connectivity index (χ0v) is 18.3. The van der Waals surface area contributed by atoms with Crippen molar-refractivity contribution in [2.45, 2.75) is 32.6 Å². The highest BCUT2D eigenvalue weighted by molar-refractivity contribution is 7.13. The van der Waals surface area contributed by atoms with Gasteiger partial charge in [-0.15, -0.1) is 11.3 Å². The van der Waals surface area contributed by atoms with Gasteiger partial charge in [-0.25, -0.2) is 14.1 Å². The quantitative estimate of drug-likeness (QED) is 0.478. The number of halogens is 1. The van der Waals surface area contributed by atoms with Gasteiger partial charge in [-0.1, -0.05) is 26.8 Å². The lowest BCUT2D eigenvalue weighted by Crippen LogP contribution is -2.17. The maximum atomic E-state index is 13.4. The molecule has 0 atom stereocenters. The molecule has 1 aromatic carbocycles. The van der Waals surface area contributed by atoms with Gasteiger partial charge < -0.3 is 5.32 Å². The highest BCUT2D eigenvalue weighted by Gasteiger charge is 2.22. The van der Waals surface area contributed by atoms with Crippen molar-refractivity contribution in [1.29, 1.82) is 0 Å². The number of hydrogen-bond acceptors (Lipinski definition) is 5. The summed E-state index contributed by atoms with van der Waals surface area (Å²) in [7, 11) is 0. The lowest BCUT2D eigenvalue weighted by molar-refractivity contribution is -0.115. The van der Waals surface area contributed by atoms with E-state index in [2.05, 4.69) is 20.4 Å². The molecule has 0 spiro atoms. The molecule has 0 aliphatic heterocycles. The van der Waals surface area contributed by atoms with E-state index in [0.29, 0.717) is 17.2 Å². The topological polar surface area (TPSA) is 72.7 Å². The number of anilines is 1. The summed E-state index contributed by atoms with van der Waals surface area (Å²) in [5, 5.41) is 10.2. The minimum absolute atomic E-state index is 0.128. The van der Waals surface area contributed by atoms with Crippen LogP contribution in [0.5, 0.6) is 0 Å². The Kier molecular flexibility index (Phi) is 5.65. The van der Waals surface area contributed by atoms with Gasteiger partial charge in [-0.3, -0.25) is 9.78 Å². The van der Waals surface area contributed by atoms with Gasteiger partial charge in [0.05, 0.1) is 29.2 Å². The molecule has 4 rings (SSSR count). The zero-order chi connectivity index (χ0) is 22.0. The van der Waals surface area contributed by atoms with Crippen molar-refractivity contribution in [2.24, 2.45) is 0 Å². The van der Waals surface area contributed by atoms with Crippen LogP contribution in [0.2, 0.25) is 0 Å². The molecule has 31 heavy (non-hydrogen) atoms. The first-order valence-electron chi connectivity index (χ1n) is 9.82. The molecule has 0 bridgehead atoms. The molecule has 1 amide bonds. The molecule has 4 aromatic rings. The Morgan fingerprint density at radius 1 is 1.16 bits per heavy atom. The van der Waals surface area contributed by atoms with Gasteiger partial charge in [0.15, 0.2) is 0 Å². The number of amides is 1. The number of rotatable bonds is 5. The third-order valence-corrected chi connectivity index (χ3v) is 5.51. The average molecular weight is 436 g/mol. The summed E-state index contributed by atoms with van der Waals surface area (Å²) in [6, 6.07) is 13.5. The van der Waals surface area contributed by atoms with E-state index in [0.717, 1.165) is 16.4 Å². The Balaban J connectivity index is 1.55. The van der Waals surface area contributed by atoms with E-state index in [1.165, 1.54) is 23.5 Å². The first kappa shape index (κ1) is 20.9. The SMILES string of the molecule is CC(C)(C)c1cc(NC(=O)Cc2csc(-c3ccccn3)n2)n(-c2ccc(F)cc2)n1. The van der Waals surface area contributed by atoms with Crippen LogP contribution < -0.4 is 5.32 Å². The molecule has 0 aliphatic rings. The van der Waals surface area contributed by atoms with Crippen molar-refractivity contribution in [3.05, 3.63) is 77.3 Å². The Morgan fingerprint density at radius 3 is 2.61 bits per heavy atom. The Labute approximate surface area is 183 Å². The van der Waals surface area contributed by atoms with Crippen LogP contribution in [-0.4, -0.2) is 25.7 Å². The van der Waals surface area contributed by atoms with Gasteiger partial charge in [0.2, 0.25) is 5.91 Å². The van der Waals surface area contributed by atoms with Crippen molar-refractivity contribution in [1.82, 2.24) is 19.7 Å². The van der Waals surface area contributed by atoms with Crippen LogP contribution in [0, 0.1) is 5.82 Å². The fourth-order valence-electron chi connectivity index (χ4n) is 2.96. The summed E-state index contributed by atoms with van der Waals surface area (Å²) >= 11 is 1.45. The first-order valence-corrected chi connectivity index (χ1v) is 10.7. The molecule has 0 saturated carbocycles. The van der Waals surface area contributed by atoms with Crippen LogP contribution >= 0.6 is 11.3 Å². The van der Waals surface area contributed by atoms with Crippen molar-refractivity contribution >= 4 is 23.1 Å². The van der Waals surface area contributed by atoms with Crippen molar-refractivity contribution in [2.75, 3.05) is 5.32 Å². The van der Waals surface area contributed by atoms with E-state index < -0.39 is 0 Å². The fourth-order valence-corrected chi connectivity index (χ4v) is 3.76. The second-order valence-electron chi connectivity index (χ2n) is 8.14. The van der Waals surface area contributed by atoms with E-state index in [4.69, 9.17) is 0 Å². The highest BCUT2D eigenvalue weighted by atomic mass is 32.1.